The van der Waals surface area contributed by atoms with Crippen LogP contribution in [0, 0.1) is 0 Å². The van der Waals surface area contributed by atoms with Crippen LogP contribution in [0.15, 0.2) is 34.1 Å². The van der Waals surface area contributed by atoms with Gasteiger partial charge in [0.1, 0.15) is 15.9 Å². The number of aromatic hydroxyl groups is 1. The van der Waals surface area contributed by atoms with Crippen molar-refractivity contribution in [3.05, 3.63) is 46.5 Å². The van der Waals surface area contributed by atoms with E-state index in [1.165, 1.54) is 6.07 Å². The molecule has 0 aliphatic heterocycles. The van der Waals surface area contributed by atoms with Crippen molar-refractivity contribution < 1.29 is 37.8 Å². The zero-order chi connectivity index (χ0) is 26.9. The normalized spacial score (nSPS) is 14.9. The van der Waals surface area contributed by atoms with Crippen molar-refractivity contribution in [1.82, 2.24) is 0 Å². The van der Waals surface area contributed by atoms with Crippen LogP contribution in [0.1, 0.15) is 48.9 Å². The topological polar surface area (TPSA) is 139 Å². The second-order valence-electron chi connectivity index (χ2n) is 9.54. The lowest BCUT2D eigenvalue weighted by atomic mass is 9.79. The van der Waals surface area contributed by atoms with Crippen molar-refractivity contribution in [3.63, 3.8) is 0 Å². The fourth-order valence-corrected chi connectivity index (χ4v) is 7.88. The van der Waals surface area contributed by atoms with Gasteiger partial charge in [0.25, 0.3) is 0 Å². The van der Waals surface area contributed by atoms with Crippen molar-refractivity contribution in [2.24, 2.45) is 0 Å². The lowest BCUT2D eigenvalue weighted by Crippen LogP contribution is -2.10. The lowest BCUT2D eigenvalue weighted by molar-refractivity contribution is -0.432. The van der Waals surface area contributed by atoms with Gasteiger partial charge in [-0.15, -0.1) is 4.33 Å². The van der Waals surface area contributed by atoms with Gasteiger partial charge >= 0.3 is 0 Å². The van der Waals surface area contributed by atoms with Crippen molar-refractivity contribution in [1.29, 1.82) is 0 Å². The van der Waals surface area contributed by atoms with Gasteiger partial charge < -0.3 is 14.8 Å². The Morgan fingerprint density at radius 3 is 1.92 bits per heavy atom. The summed E-state index contributed by atoms with van der Waals surface area (Å²) < 4.78 is 42.7. The molecule has 198 valence electrons. The van der Waals surface area contributed by atoms with Gasteiger partial charge in [-0.25, -0.2) is 13.7 Å². The highest BCUT2D eigenvalue weighted by Gasteiger charge is 2.29. The summed E-state index contributed by atoms with van der Waals surface area (Å²) in [7, 11) is -4.96. The van der Waals surface area contributed by atoms with E-state index in [-0.39, 0.29) is 22.3 Å². The molecule has 0 saturated heterocycles. The SMILES string of the molecule is CC.O=S(=O)([O-])c1cc2c3c(cc(SOOO)c4c5c(O)cc6c7c(cc([O-])c(c1c34)c75)CCC6)CCC2. The predicted molar refractivity (Wildman–Crippen MR) is 143 cm³/mol. The monoisotopic (exact) mass is 552 g/mol. The molecule has 0 unspecified atom stereocenters. The summed E-state index contributed by atoms with van der Waals surface area (Å²) in [5.74, 6) is -0.425. The fraction of sp³-hybridized carbons (Fsp3) is 0.286. The molecular formula is C28H24O8S2-2. The van der Waals surface area contributed by atoms with Gasteiger partial charge in [-0.3, -0.25) is 0 Å². The van der Waals surface area contributed by atoms with Gasteiger partial charge in [-0.2, -0.15) is 0 Å². The highest BCUT2D eigenvalue weighted by atomic mass is 32.2. The van der Waals surface area contributed by atoms with E-state index in [2.05, 4.69) is 5.04 Å². The third-order valence-corrected chi connectivity index (χ3v) is 9.21. The molecule has 0 fully saturated rings. The first-order valence-electron chi connectivity index (χ1n) is 12.6. The minimum absolute atomic E-state index is 0.0438. The first-order valence-corrected chi connectivity index (χ1v) is 14.7. The van der Waals surface area contributed by atoms with E-state index in [9.17, 15) is 23.2 Å². The van der Waals surface area contributed by atoms with Crippen molar-refractivity contribution >= 4 is 65.3 Å². The van der Waals surface area contributed by atoms with E-state index in [1.807, 2.05) is 19.9 Å². The molecule has 0 amide bonds. The van der Waals surface area contributed by atoms with Crippen molar-refractivity contribution in [2.75, 3.05) is 0 Å². The van der Waals surface area contributed by atoms with Crippen LogP contribution >= 0.6 is 12.0 Å². The molecule has 5 aromatic rings. The Bertz CT molecular complexity index is 1870. The number of hydrogen-bond acceptors (Lipinski definition) is 9. The van der Waals surface area contributed by atoms with E-state index in [4.69, 9.17) is 9.59 Å². The quantitative estimate of drug-likeness (QED) is 0.0701. The average Bonchev–Trinajstić information content (AvgIpc) is 2.90. The number of phenols is 1. The largest absolute Gasteiger partial charge is 0.872 e. The molecule has 38 heavy (non-hydrogen) atoms. The Morgan fingerprint density at radius 1 is 0.763 bits per heavy atom. The number of rotatable bonds is 4. The number of phenolic OH excluding ortho intramolecular Hbond substituents is 1. The van der Waals surface area contributed by atoms with E-state index >= 15 is 0 Å². The molecule has 2 N–H and O–H groups in total. The molecule has 0 bridgehead atoms. The Labute approximate surface area is 222 Å². The summed E-state index contributed by atoms with van der Waals surface area (Å²) in [4.78, 5) is 0.0327. The zero-order valence-electron chi connectivity index (χ0n) is 20.7. The van der Waals surface area contributed by atoms with Crippen LogP contribution in [0.25, 0.3) is 43.1 Å². The van der Waals surface area contributed by atoms with Crippen molar-refractivity contribution in [2.45, 2.75) is 62.2 Å². The van der Waals surface area contributed by atoms with Gasteiger partial charge in [-0.1, -0.05) is 30.7 Å². The Morgan fingerprint density at radius 2 is 1.32 bits per heavy atom. The lowest BCUT2D eigenvalue weighted by Gasteiger charge is -2.30. The van der Waals surface area contributed by atoms with Crippen LogP contribution in [0.2, 0.25) is 0 Å². The van der Waals surface area contributed by atoms with Crippen LogP contribution in [-0.2, 0) is 45.2 Å². The summed E-state index contributed by atoms with van der Waals surface area (Å²) in [6.45, 7) is 4.00. The van der Waals surface area contributed by atoms with E-state index < -0.39 is 15.0 Å². The molecule has 0 heterocycles. The number of hydrogen-bond donors (Lipinski definition) is 2. The molecule has 10 heteroatoms. The Balaban J connectivity index is 0.00000129. The van der Waals surface area contributed by atoms with E-state index in [0.717, 1.165) is 40.3 Å². The van der Waals surface area contributed by atoms with Crippen LogP contribution in [0.3, 0.4) is 0 Å². The van der Waals surface area contributed by atoms with Gasteiger partial charge in [0.2, 0.25) is 0 Å². The summed E-state index contributed by atoms with van der Waals surface area (Å²) in [6.07, 6.45) is 4.21. The maximum atomic E-state index is 13.7. The molecular weight excluding hydrogens is 528 g/mol. The van der Waals surface area contributed by atoms with E-state index in [1.54, 1.807) is 12.1 Å². The third-order valence-electron chi connectivity index (χ3n) is 7.71. The smallest absolute Gasteiger partial charge is 0.125 e. The standard InChI is InChI=1S/C26H20O8S2.C2H6/c27-15-7-11-3-1-4-12-8-16(28)22-24-18(36(30,31)32)10-14-6-2-5-13-9-17(35-34-33-29)23(26(24)20(13)14)21(15)25(22)19(11)12;1-2/h7-10,27-29H,1-6H2,(H,30,31,32);1-2H3/p-2. The molecule has 5 aromatic carbocycles. The first kappa shape index (κ1) is 25.4. The predicted octanol–water partition coefficient (Wildman–Crippen LogP) is 5.85. The van der Waals surface area contributed by atoms with E-state index in [0.29, 0.717) is 69.7 Å². The third kappa shape index (κ3) is 3.48. The summed E-state index contributed by atoms with van der Waals surface area (Å²) in [5, 5.41) is 41.3. The summed E-state index contributed by atoms with van der Waals surface area (Å²) in [5.41, 5.74) is 3.32. The zero-order valence-corrected chi connectivity index (χ0v) is 22.3. The highest BCUT2D eigenvalue weighted by molar-refractivity contribution is 7.94. The minimum Gasteiger partial charge on any atom is -0.872 e. The first-order chi connectivity index (χ1) is 18.3. The summed E-state index contributed by atoms with van der Waals surface area (Å²) >= 11 is 0.713. The maximum Gasteiger partial charge on any atom is 0.125 e. The summed E-state index contributed by atoms with van der Waals surface area (Å²) in [6, 6.07) is 6.54. The van der Waals surface area contributed by atoms with Crippen LogP contribution in [0.5, 0.6) is 11.5 Å². The fourth-order valence-electron chi connectivity index (χ4n) is 6.56. The molecule has 2 aliphatic rings. The van der Waals surface area contributed by atoms with Crippen LogP contribution in [0.4, 0.5) is 0 Å². The maximum absolute atomic E-state index is 13.7. The molecule has 0 atom stereocenters. The van der Waals surface area contributed by atoms with Crippen LogP contribution < -0.4 is 5.11 Å². The molecule has 0 aromatic heterocycles. The molecule has 2 aliphatic carbocycles. The molecule has 0 saturated carbocycles. The molecule has 0 spiro atoms. The average molecular weight is 553 g/mol. The second kappa shape index (κ2) is 9.11. The van der Waals surface area contributed by atoms with Gasteiger partial charge in [0.05, 0.1) is 16.9 Å². The van der Waals surface area contributed by atoms with Crippen molar-refractivity contribution in [3.8, 4) is 11.5 Å². The highest BCUT2D eigenvalue weighted by Crippen LogP contribution is 2.54. The Kier molecular flexibility index (Phi) is 6.10. The van der Waals surface area contributed by atoms with Gasteiger partial charge in [0.15, 0.2) is 0 Å². The van der Waals surface area contributed by atoms with Gasteiger partial charge in [-0.05, 0) is 95.1 Å². The molecule has 8 nitrogen and oxygen atoms in total. The van der Waals surface area contributed by atoms with Gasteiger partial charge in [0, 0.05) is 31.8 Å². The second-order valence-corrected chi connectivity index (χ2v) is 11.6. The number of aryl methyl sites for hydroxylation is 4. The molecule has 0 radical (unpaired) electrons. The number of fused-ring (bicyclic) bond motifs is 2. The van der Waals surface area contributed by atoms with Crippen LogP contribution in [-0.4, -0.2) is 23.3 Å². The minimum atomic E-state index is -4.96. The Hall–Kier alpha value is -2.86. The molecule has 7 rings (SSSR count). The number of benzene rings is 5.